The molecule has 1 aliphatic heterocycles. The number of nitrogens with zero attached hydrogens (tertiary/aromatic N) is 3. The van der Waals surface area contributed by atoms with E-state index in [2.05, 4.69) is 20.2 Å². The first-order chi connectivity index (χ1) is 15.3. The van der Waals surface area contributed by atoms with Crippen molar-refractivity contribution in [2.75, 3.05) is 25.8 Å². The highest BCUT2D eigenvalue weighted by Crippen LogP contribution is 2.33. The van der Waals surface area contributed by atoms with Crippen molar-refractivity contribution < 1.29 is 17.9 Å². The van der Waals surface area contributed by atoms with Crippen LogP contribution in [0.25, 0.3) is 0 Å². The van der Waals surface area contributed by atoms with Crippen LogP contribution >= 0.6 is 0 Å². The van der Waals surface area contributed by atoms with Gasteiger partial charge in [0.1, 0.15) is 17.3 Å². The van der Waals surface area contributed by atoms with Crippen molar-refractivity contribution in [3.05, 3.63) is 64.8 Å². The monoisotopic (exact) mass is 454 g/mol. The molecule has 168 valence electrons. The molecule has 1 aromatic heterocycles. The maximum atomic E-state index is 12.2. The Morgan fingerprint density at radius 3 is 2.56 bits per heavy atom. The van der Waals surface area contributed by atoms with Gasteiger partial charge in [-0.25, -0.2) is 18.4 Å². The molecule has 32 heavy (non-hydrogen) atoms. The Morgan fingerprint density at radius 1 is 1.06 bits per heavy atom. The van der Waals surface area contributed by atoms with Gasteiger partial charge in [0.05, 0.1) is 19.9 Å². The van der Waals surface area contributed by atoms with Crippen LogP contribution in [-0.2, 0) is 29.5 Å². The molecule has 0 amide bonds. The van der Waals surface area contributed by atoms with E-state index in [1.807, 2.05) is 49.4 Å². The third-order valence-corrected chi connectivity index (χ3v) is 6.17. The topological polar surface area (TPSA) is 93.7 Å². The molecule has 1 N–H and O–H groups in total. The van der Waals surface area contributed by atoms with Crippen LogP contribution in [-0.4, -0.2) is 43.8 Å². The predicted molar refractivity (Wildman–Crippen MR) is 122 cm³/mol. The minimum Gasteiger partial charge on any atom is -0.497 e. The normalized spacial score (nSPS) is 13.6. The average Bonchev–Trinajstić information content (AvgIpc) is 3.16. The molecule has 2 heterocycles. The molecule has 2 aromatic carbocycles. The van der Waals surface area contributed by atoms with Crippen LogP contribution in [0, 0.1) is 6.92 Å². The molecule has 0 unspecified atom stereocenters. The summed E-state index contributed by atoms with van der Waals surface area (Å²) in [5, 5.41) is 3.13. The van der Waals surface area contributed by atoms with Crippen LogP contribution in [0.4, 0.5) is 11.5 Å². The van der Waals surface area contributed by atoms with E-state index in [0.29, 0.717) is 31.1 Å². The Hall–Kier alpha value is -3.17. The minimum absolute atomic E-state index is 0.171. The first-order valence-corrected chi connectivity index (χ1v) is 12.0. The largest absolute Gasteiger partial charge is 0.497 e. The number of hydrogen-bond acceptors (Lipinski definition) is 8. The van der Waals surface area contributed by atoms with Crippen molar-refractivity contribution in [3.63, 3.8) is 0 Å². The lowest BCUT2D eigenvalue weighted by Crippen LogP contribution is -2.16. The number of aryl methyl sites for hydroxylation is 1. The zero-order chi connectivity index (χ0) is 22.9. The molecule has 8 nitrogen and oxygen atoms in total. The highest BCUT2D eigenvalue weighted by Gasteiger charge is 2.28. The van der Waals surface area contributed by atoms with Crippen LogP contribution in [0.15, 0.2) is 47.6 Å². The average molecular weight is 455 g/mol. The Balaban J connectivity index is 1.66. The first-order valence-electron chi connectivity index (χ1n) is 10.1. The number of hydrogen-bond donors (Lipinski definition) is 1. The van der Waals surface area contributed by atoms with E-state index in [1.54, 1.807) is 14.2 Å². The Bertz CT molecular complexity index is 1260. The van der Waals surface area contributed by atoms with Gasteiger partial charge in [0.15, 0.2) is 0 Å². The molecule has 4 rings (SSSR count). The van der Waals surface area contributed by atoms with Crippen molar-refractivity contribution in [3.8, 4) is 11.5 Å². The van der Waals surface area contributed by atoms with Crippen molar-refractivity contribution >= 4 is 21.3 Å². The van der Waals surface area contributed by atoms with Gasteiger partial charge in [-0.3, -0.25) is 4.90 Å². The van der Waals surface area contributed by atoms with Gasteiger partial charge in [-0.1, -0.05) is 18.2 Å². The second kappa shape index (κ2) is 8.76. The molecule has 0 saturated heterocycles. The molecule has 3 aromatic rings. The summed E-state index contributed by atoms with van der Waals surface area (Å²) < 4.78 is 35.2. The third-order valence-electron chi connectivity index (χ3n) is 5.33. The first kappa shape index (κ1) is 22.0. The Morgan fingerprint density at radius 2 is 1.88 bits per heavy atom. The van der Waals surface area contributed by atoms with E-state index in [0.717, 1.165) is 40.1 Å². The standard InChI is InChI=1S/C23H26N4O4S/c1-15-6-5-7-17(10-15)24-22-19-13-27(14-20(19)25-23(26-22)32(4,28)29)12-16-8-9-18(30-2)11-21(16)31-3/h5-11H,12-14H2,1-4H3,(H,24,25,26). The molecular formula is C23H26N4O4S. The highest BCUT2D eigenvalue weighted by atomic mass is 32.2. The third kappa shape index (κ3) is 4.68. The summed E-state index contributed by atoms with van der Waals surface area (Å²) in [5.74, 6) is 1.98. The van der Waals surface area contributed by atoms with Crippen LogP contribution in [0.2, 0.25) is 0 Å². The number of rotatable bonds is 7. The van der Waals surface area contributed by atoms with Crippen molar-refractivity contribution in [2.45, 2.75) is 31.7 Å². The van der Waals surface area contributed by atoms with Gasteiger partial charge in [-0.2, -0.15) is 0 Å². The van der Waals surface area contributed by atoms with Crippen molar-refractivity contribution in [1.82, 2.24) is 14.9 Å². The number of anilines is 2. The van der Waals surface area contributed by atoms with Gasteiger partial charge < -0.3 is 14.8 Å². The van der Waals surface area contributed by atoms with Gasteiger partial charge in [0, 0.05) is 48.8 Å². The fourth-order valence-electron chi connectivity index (χ4n) is 3.76. The molecule has 0 bridgehead atoms. The lowest BCUT2D eigenvalue weighted by Gasteiger charge is -2.17. The zero-order valence-corrected chi connectivity index (χ0v) is 19.4. The summed E-state index contributed by atoms with van der Waals surface area (Å²) in [7, 11) is -0.310. The summed E-state index contributed by atoms with van der Waals surface area (Å²) >= 11 is 0. The second-order valence-corrected chi connectivity index (χ2v) is 9.78. The highest BCUT2D eigenvalue weighted by molar-refractivity contribution is 7.90. The summed E-state index contributed by atoms with van der Waals surface area (Å²) in [5.41, 5.74) is 4.55. The predicted octanol–water partition coefficient (Wildman–Crippen LogP) is 3.47. The Labute approximate surface area is 188 Å². The van der Waals surface area contributed by atoms with E-state index in [-0.39, 0.29) is 5.16 Å². The molecule has 0 saturated carbocycles. The smallest absolute Gasteiger partial charge is 0.249 e. The quantitative estimate of drug-likeness (QED) is 0.543. The fourth-order valence-corrected chi connectivity index (χ4v) is 4.29. The van der Waals surface area contributed by atoms with E-state index in [1.165, 1.54) is 0 Å². The molecule has 0 aliphatic carbocycles. The molecular weight excluding hydrogens is 428 g/mol. The van der Waals surface area contributed by atoms with E-state index in [4.69, 9.17) is 9.47 Å². The van der Waals surface area contributed by atoms with Crippen LogP contribution in [0.1, 0.15) is 22.4 Å². The van der Waals surface area contributed by atoms with E-state index < -0.39 is 9.84 Å². The number of benzene rings is 2. The maximum absolute atomic E-state index is 12.2. The van der Waals surface area contributed by atoms with Crippen LogP contribution in [0.3, 0.4) is 0 Å². The van der Waals surface area contributed by atoms with Gasteiger partial charge in [-0.15, -0.1) is 0 Å². The van der Waals surface area contributed by atoms with Gasteiger partial charge in [0.2, 0.25) is 15.0 Å². The van der Waals surface area contributed by atoms with Crippen molar-refractivity contribution in [1.29, 1.82) is 0 Å². The van der Waals surface area contributed by atoms with E-state index in [9.17, 15) is 8.42 Å². The molecule has 0 radical (unpaired) electrons. The summed E-state index contributed by atoms with van der Waals surface area (Å²) in [6.45, 7) is 3.71. The van der Waals surface area contributed by atoms with Gasteiger partial charge in [0.25, 0.3) is 0 Å². The number of ether oxygens (including phenoxy) is 2. The van der Waals surface area contributed by atoms with Gasteiger partial charge in [-0.05, 0) is 30.7 Å². The lowest BCUT2D eigenvalue weighted by atomic mass is 10.1. The molecule has 9 heteroatoms. The number of aromatic nitrogens is 2. The summed E-state index contributed by atoms with van der Waals surface area (Å²) in [4.78, 5) is 10.9. The van der Waals surface area contributed by atoms with Gasteiger partial charge >= 0.3 is 0 Å². The molecule has 0 spiro atoms. The minimum atomic E-state index is -3.56. The Kier molecular flexibility index (Phi) is 6.03. The zero-order valence-electron chi connectivity index (χ0n) is 18.5. The second-order valence-electron chi connectivity index (χ2n) is 7.87. The molecule has 1 aliphatic rings. The fraction of sp³-hybridized carbons (Fsp3) is 0.304. The number of methoxy groups -OCH3 is 2. The SMILES string of the molecule is COc1ccc(CN2Cc3nc(S(C)(=O)=O)nc(Nc4cccc(C)c4)c3C2)c(OC)c1. The number of sulfone groups is 1. The maximum Gasteiger partial charge on any atom is 0.249 e. The van der Waals surface area contributed by atoms with Crippen LogP contribution in [0.5, 0.6) is 11.5 Å². The van der Waals surface area contributed by atoms with Crippen LogP contribution < -0.4 is 14.8 Å². The molecule has 0 fully saturated rings. The lowest BCUT2D eigenvalue weighted by molar-refractivity contribution is 0.268. The molecule has 0 atom stereocenters. The summed E-state index contributed by atoms with van der Waals surface area (Å²) in [6.07, 6.45) is 1.13. The van der Waals surface area contributed by atoms with Crippen molar-refractivity contribution in [2.24, 2.45) is 0 Å². The number of fused-ring (bicyclic) bond motifs is 1. The summed E-state index contributed by atoms with van der Waals surface area (Å²) in [6, 6.07) is 13.6. The van der Waals surface area contributed by atoms with E-state index >= 15 is 0 Å². The number of nitrogens with one attached hydrogen (secondary N) is 1.